The fraction of sp³-hybridized carbons (Fsp3) is 0. The number of ether oxygens (including phenoxy) is 2. The molecule has 1 atom stereocenters. The van der Waals surface area contributed by atoms with Gasteiger partial charge < -0.3 is 9.47 Å². The first kappa shape index (κ1) is 21.9. The van der Waals surface area contributed by atoms with Crippen molar-refractivity contribution in [1.29, 1.82) is 0 Å². The van der Waals surface area contributed by atoms with Gasteiger partial charge in [0.2, 0.25) is 0 Å². The molecule has 6 aromatic carbocycles. The Morgan fingerprint density at radius 1 is 0.474 bits per heavy atom. The third-order valence-corrected chi connectivity index (χ3v) is 12.4. The Kier molecular flexibility index (Phi) is 4.70. The van der Waals surface area contributed by atoms with E-state index in [2.05, 4.69) is 109 Å². The van der Waals surface area contributed by atoms with Gasteiger partial charge in [0.05, 0.1) is 11.3 Å². The summed E-state index contributed by atoms with van der Waals surface area (Å²) in [6.45, 7) is 0. The quantitative estimate of drug-likeness (QED) is 0.213. The Morgan fingerprint density at radius 3 is 2.03 bits per heavy atom. The lowest BCUT2D eigenvalue weighted by Gasteiger charge is -2.38. The lowest BCUT2D eigenvalue weighted by Crippen LogP contribution is -2.35. The summed E-state index contributed by atoms with van der Waals surface area (Å²) >= 11 is 6.72. The lowest BCUT2D eigenvalue weighted by molar-refractivity contribution is 0.469. The van der Waals surface area contributed by atoms with Gasteiger partial charge in [-0.05, 0) is 64.0 Å². The van der Waals surface area contributed by atoms with E-state index in [9.17, 15) is 0 Å². The highest BCUT2D eigenvalue weighted by Gasteiger charge is 2.43. The number of hydrogen-bond donors (Lipinski definition) is 0. The van der Waals surface area contributed by atoms with E-state index in [-0.39, 0.29) is 0 Å². The smallest absolute Gasteiger partial charge is 0.144 e. The largest absolute Gasteiger partial charge is 0.456 e. The second kappa shape index (κ2) is 8.16. The van der Waals surface area contributed by atoms with Crippen LogP contribution >= 0.6 is 6.04 Å². The van der Waals surface area contributed by atoms with Crippen LogP contribution in [-0.2, 0) is 11.8 Å². The fourth-order valence-electron chi connectivity index (χ4n) is 5.71. The molecular formula is C34H21O2PS. The first-order chi connectivity index (χ1) is 18.7. The van der Waals surface area contributed by atoms with Crippen LogP contribution in [0.15, 0.2) is 127 Å². The van der Waals surface area contributed by atoms with Crippen molar-refractivity contribution in [3.05, 3.63) is 127 Å². The molecule has 2 nitrogen and oxygen atoms in total. The molecule has 0 fully saturated rings. The summed E-state index contributed by atoms with van der Waals surface area (Å²) < 4.78 is 13.3. The summed E-state index contributed by atoms with van der Waals surface area (Å²) in [6.07, 6.45) is 0. The Balaban J connectivity index is 1.39. The molecule has 0 N–H and O–H groups in total. The Bertz CT molecular complexity index is 1960. The molecule has 2 aliphatic rings. The van der Waals surface area contributed by atoms with Crippen LogP contribution in [0.5, 0.6) is 23.0 Å². The third kappa shape index (κ3) is 3.10. The number of benzene rings is 6. The van der Waals surface area contributed by atoms with Gasteiger partial charge in [-0.1, -0.05) is 103 Å². The van der Waals surface area contributed by atoms with Crippen LogP contribution in [0.3, 0.4) is 0 Å². The van der Waals surface area contributed by atoms with Crippen molar-refractivity contribution >= 4 is 44.5 Å². The van der Waals surface area contributed by atoms with Gasteiger partial charge in [0.15, 0.2) is 0 Å². The van der Waals surface area contributed by atoms with E-state index in [0.29, 0.717) is 0 Å². The van der Waals surface area contributed by atoms with Crippen molar-refractivity contribution in [3.8, 4) is 45.3 Å². The number of rotatable bonds is 2. The topological polar surface area (TPSA) is 18.5 Å². The zero-order valence-electron chi connectivity index (χ0n) is 20.3. The van der Waals surface area contributed by atoms with E-state index in [0.717, 1.165) is 60.8 Å². The van der Waals surface area contributed by atoms with Crippen molar-refractivity contribution in [3.63, 3.8) is 0 Å². The van der Waals surface area contributed by atoms with E-state index in [4.69, 9.17) is 21.3 Å². The summed E-state index contributed by atoms with van der Waals surface area (Å²) in [4.78, 5) is 0. The predicted octanol–water partition coefficient (Wildman–Crippen LogP) is 8.14. The Labute approximate surface area is 226 Å². The standard InChI is InChI=1S/C34H21O2PS/c38-37-31-16-7-6-15-28(31)35-29-20-26(25-13-8-12-24(19-25)22-9-2-1-3-10-22)21-30(34(29)37)36-33-27-14-5-4-11-23(27)17-18-32(33)37/h1-21H. The zero-order chi connectivity index (χ0) is 25.3. The van der Waals surface area contributed by atoms with Crippen LogP contribution in [0, 0.1) is 0 Å². The molecule has 8 rings (SSSR count). The molecule has 6 aromatic rings. The van der Waals surface area contributed by atoms with E-state index >= 15 is 0 Å². The minimum absolute atomic E-state index is 0.795. The fourth-order valence-corrected chi connectivity index (χ4v) is 10.2. The zero-order valence-corrected chi connectivity index (χ0v) is 22.0. The van der Waals surface area contributed by atoms with Gasteiger partial charge in [0.1, 0.15) is 23.0 Å². The summed E-state index contributed by atoms with van der Waals surface area (Å²) in [6, 6.07) is 41.9. The minimum atomic E-state index is -2.40. The van der Waals surface area contributed by atoms with Crippen LogP contribution in [0.1, 0.15) is 0 Å². The van der Waals surface area contributed by atoms with Crippen molar-refractivity contribution in [1.82, 2.24) is 0 Å². The maximum Gasteiger partial charge on any atom is 0.144 e. The van der Waals surface area contributed by atoms with Crippen LogP contribution < -0.4 is 25.4 Å². The van der Waals surface area contributed by atoms with E-state index in [1.165, 1.54) is 11.1 Å². The molecule has 38 heavy (non-hydrogen) atoms. The monoisotopic (exact) mass is 524 g/mol. The second-order valence-corrected chi connectivity index (χ2v) is 14.0. The van der Waals surface area contributed by atoms with E-state index < -0.39 is 6.04 Å². The highest BCUT2D eigenvalue weighted by Crippen LogP contribution is 2.60. The van der Waals surface area contributed by atoms with Crippen LogP contribution in [0.25, 0.3) is 33.0 Å². The van der Waals surface area contributed by atoms with Gasteiger partial charge in [-0.15, -0.1) is 0 Å². The highest BCUT2D eigenvalue weighted by molar-refractivity contribution is 8.26. The molecule has 0 aliphatic carbocycles. The maximum absolute atomic E-state index is 6.78. The minimum Gasteiger partial charge on any atom is -0.456 e. The molecule has 180 valence electrons. The van der Waals surface area contributed by atoms with Gasteiger partial charge >= 0.3 is 0 Å². The first-order valence-corrected chi connectivity index (χ1v) is 15.4. The molecule has 0 bridgehead atoms. The SMILES string of the molecule is S=P12c3ccccc3Oc3cc(-c4cccc(-c5ccccc5)c4)cc(c31)Oc1c2ccc2ccccc12. The summed E-state index contributed by atoms with van der Waals surface area (Å²) in [5.74, 6) is 3.30. The molecule has 0 amide bonds. The van der Waals surface area contributed by atoms with Crippen LogP contribution in [-0.4, -0.2) is 0 Å². The van der Waals surface area contributed by atoms with Gasteiger partial charge in [-0.25, -0.2) is 0 Å². The van der Waals surface area contributed by atoms with Crippen molar-refractivity contribution in [2.24, 2.45) is 0 Å². The molecular weight excluding hydrogens is 503 g/mol. The Hall–Kier alpha value is -4.17. The molecule has 0 saturated heterocycles. The van der Waals surface area contributed by atoms with Crippen molar-refractivity contribution < 1.29 is 9.47 Å². The van der Waals surface area contributed by atoms with E-state index in [1.807, 2.05) is 18.2 Å². The normalized spacial score (nSPS) is 16.5. The summed E-state index contributed by atoms with van der Waals surface area (Å²) in [5, 5.41) is 5.42. The average Bonchev–Trinajstić information content (AvgIpc) is 2.97. The summed E-state index contributed by atoms with van der Waals surface area (Å²) in [5.41, 5.74) is 4.50. The highest BCUT2D eigenvalue weighted by atomic mass is 32.4. The molecule has 1 unspecified atom stereocenters. The average molecular weight is 525 g/mol. The van der Waals surface area contributed by atoms with Gasteiger partial charge in [-0.2, -0.15) is 0 Å². The van der Waals surface area contributed by atoms with Crippen molar-refractivity contribution in [2.45, 2.75) is 0 Å². The van der Waals surface area contributed by atoms with Crippen LogP contribution in [0.4, 0.5) is 0 Å². The second-order valence-electron chi connectivity index (χ2n) is 9.68. The molecule has 0 spiro atoms. The van der Waals surface area contributed by atoms with Gasteiger partial charge in [-0.3, -0.25) is 0 Å². The number of hydrogen-bond acceptors (Lipinski definition) is 3. The molecule has 0 aromatic heterocycles. The van der Waals surface area contributed by atoms with Gasteiger partial charge in [0.25, 0.3) is 0 Å². The molecule has 2 aliphatic heterocycles. The molecule has 4 heteroatoms. The molecule has 0 saturated carbocycles. The third-order valence-electron chi connectivity index (χ3n) is 7.49. The lowest BCUT2D eigenvalue weighted by atomic mass is 9.98. The van der Waals surface area contributed by atoms with Gasteiger partial charge in [0, 0.05) is 16.0 Å². The Morgan fingerprint density at radius 2 is 1.16 bits per heavy atom. The predicted molar refractivity (Wildman–Crippen MR) is 161 cm³/mol. The summed E-state index contributed by atoms with van der Waals surface area (Å²) in [7, 11) is 0. The van der Waals surface area contributed by atoms with E-state index in [1.54, 1.807) is 0 Å². The van der Waals surface area contributed by atoms with Crippen molar-refractivity contribution in [2.75, 3.05) is 0 Å². The number of fused-ring (bicyclic) bond motifs is 6. The molecule has 0 radical (unpaired) electrons. The maximum atomic E-state index is 6.78. The number of para-hydroxylation sites is 1. The van der Waals surface area contributed by atoms with Crippen LogP contribution in [0.2, 0.25) is 0 Å². The molecule has 2 heterocycles. The first-order valence-electron chi connectivity index (χ1n) is 12.6.